The van der Waals surface area contributed by atoms with Gasteiger partial charge in [-0.1, -0.05) is 30.4 Å². The van der Waals surface area contributed by atoms with Crippen LogP contribution in [0.5, 0.6) is 5.75 Å². The summed E-state index contributed by atoms with van der Waals surface area (Å²) < 4.78 is 28.9. The molecular weight excluding hydrogens is 348 g/mol. The van der Waals surface area contributed by atoms with Gasteiger partial charge in [-0.2, -0.15) is 8.78 Å². The largest absolute Gasteiger partial charge is 0.435 e. The molecule has 0 heterocycles. The van der Waals surface area contributed by atoms with Gasteiger partial charge in [-0.05, 0) is 62.3 Å². The summed E-state index contributed by atoms with van der Waals surface area (Å²) in [7, 11) is 2.10. The van der Waals surface area contributed by atoms with Crippen molar-refractivity contribution in [3.8, 4) is 5.75 Å². The lowest BCUT2D eigenvalue weighted by Gasteiger charge is -2.40. The molecule has 0 aliphatic heterocycles. The van der Waals surface area contributed by atoms with Crippen LogP contribution in [-0.2, 0) is 6.42 Å². The zero-order chi connectivity index (χ0) is 19.5. The van der Waals surface area contributed by atoms with E-state index in [4.69, 9.17) is 5.73 Å². The molecule has 1 fully saturated rings. The Bertz CT molecular complexity index is 698. The Kier molecular flexibility index (Phi) is 5.99. The Morgan fingerprint density at radius 3 is 2.48 bits per heavy atom. The molecule has 1 unspecified atom stereocenters. The molecule has 0 spiro atoms. The van der Waals surface area contributed by atoms with E-state index >= 15 is 0 Å². The number of ether oxygens (including phenoxy) is 1. The summed E-state index contributed by atoms with van der Waals surface area (Å²) in [5.41, 5.74) is 11.8. The third-order valence-electron chi connectivity index (χ3n) is 5.74. The van der Waals surface area contributed by atoms with E-state index in [9.17, 15) is 8.78 Å². The summed E-state index contributed by atoms with van der Waals surface area (Å²) in [5, 5.41) is 2.22. The molecule has 0 amide bonds. The molecule has 0 bridgehead atoms. The molecule has 1 saturated carbocycles. The van der Waals surface area contributed by atoms with Crippen molar-refractivity contribution < 1.29 is 13.5 Å². The number of alkyl halides is 2. The second-order valence-corrected chi connectivity index (χ2v) is 7.85. The summed E-state index contributed by atoms with van der Waals surface area (Å²) in [4.78, 5) is 0. The quantitative estimate of drug-likeness (QED) is 0.643. The first kappa shape index (κ1) is 20.0. The average molecular weight is 377 g/mol. The molecule has 4 nitrogen and oxygen atoms in total. The molecule has 1 aromatic carbocycles. The van der Waals surface area contributed by atoms with Crippen molar-refractivity contribution in [2.24, 2.45) is 5.73 Å². The van der Waals surface area contributed by atoms with Gasteiger partial charge in [0.05, 0.1) is 5.54 Å². The lowest BCUT2D eigenvalue weighted by Crippen LogP contribution is -2.55. The molecule has 3 N–H and O–H groups in total. The Labute approximate surface area is 160 Å². The third-order valence-corrected chi connectivity index (χ3v) is 5.74. The Hall–Kier alpha value is -1.76. The molecule has 0 saturated heterocycles. The molecule has 148 valence electrons. The van der Waals surface area contributed by atoms with Crippen molar-refractivity contribution in [1.82, 2.24) is 10.4 Å². The Morgan fingerprint density at radius 1 is 1.26 bits per heavy atom. The van der Waals surface area contributed by atoms with Gasteiger partial charge in [0.2, 0.25) is 0 Å². The predicted octanol–water partition coefficient (Wildman–Crippen LogP) is 3.79. The second-order valence-electron chi connectivity index (χ2n) is 7.85. The first-order valence-corrected chi connectivity index (χ1v) is 9.48. The molecule has 2 aliphatic rings. The van der Waals surface area contributed by atoms with Gasteiger partial charge in [-0.15, -0.1) is 0 Å². The normalized spacial score (nSPS) is 23.6. The number of halogens is 2. The van der Waals surface area contributed by atoms with E-state index in [2.05, 4.69) is 47.4 Å². The number of nitrogens with one attached hydrogen (secondary N) is 1. The van der Waals surface area contributed by atoms with Gasteiger partial charge in [0.25, 0.3) is 0 Å². The number of likely N-dealkylation sites (N-methyl/N-ethyl adjacent to an activating group) is 1. The summed E-state index contributed by atoms with van der Waals surface area (Å²) in [6.07, 6.45) is 11.7. The number of hydrogen-bond donors (Lipinski definition) is 2. The smallest absolute Gasteiger partial charge is 0.387 e. The van der Waals surface area contributed by atoms with E-state index in [1.807, 2.05) is 12.1 Å². The third kappa shape index (κ3) is 5.15. The first-order valence-electron chi connectivity index (χ1n) is 9.48. The Morgan fingerprint density at radius 2 is 1.96 bits per heavy atom. The van der Waals surface area contributed by atoms with E-state index in [1.54, 1.807) is 12.1 Å². The molecule has 2 aliphatic carbocycles. The number of hydrazine groups is 1. The van der Waals surface area contributed by atoms with Crippen molar-refractivity contribution in [3.63, 3.8) is 0 Å². The highest BCUT2D eigenvalue weighted by Crippen LogP contribution is 2.41. The van der Waals surface area contributed by atoms with Gasteiger partial charge in [0.15, 0.2) is 0 Å². The molecular formula is C21H29F2N3O. The number of hydrogen-bond acceptors (Lipinski definition) is 4. The Balaban J connectivity index is 1.52. The highest BCUT2D eigenvalue weighted by atomic mass is 19.3. The van der Waals surface area contributed by atoms with Crippen molar-refractivity contribution >= 4 is 0 Å². The molecule has 1 aromatic rings. The zero-order valence-corrected chi connectivity index (χ0v) is 16.1. The minimum atomic E-state index is -2.78. The number of rotatable bonds is 9. The van der Waals surface area contributed by atoms with Crippen LogP contribution in [0.4, 0.5) is 8.78 Å². The molecule has 27 heavy (non-hydrogen) atoms. The lowest BCUT2D eigenvalue weighted by atomic mass is 9.90. The van der Waals surface area contributed by atoms with Crippen LogP contribution in [0.3, 0.4) is 0 Å². The average Bonchev–Trinajstić information content (AvgIpc) is 3.41. The van der Waals surface area contributed by atoms with Crippen LogP contribution in [-0.4, -0.2) is 36.3 Å². The molecule has 0 aromatic heterocycles. The second kappa shape index (κ2) is 8.09. The van der Waals surface area contributed by atoms with Gasteiger partial charge in [0.1, 0.15) is 5.75 Å². The van der Waals surface area contributed by atoms with Crippen molar-refractivity contribution in [1.29, 1.82) is 0 Å². The summed E-state index contributed by atoms with van der Waals surface area (Å²) in [5.74, 6) is 0.203. The first-order chi connectivity index (χ1) is 12.8. The van der Waals surface area contributed by atoms with E-state index in [0.717, 1.165) is 37.7 Å². The topological polar surface area (TPSA) is 50.5 Å². The summed E-state index contributed by atoms with van der Waals surface area (Å²) in [6.45, 7) is 0.0173. The molecule has 6 heteroatoms. The van der Waals surface area contributed by atoms with Gasteiger partial charge in [-0.3, -0.25) is 0 Å². The maximum atomic E-state index is 12.2. The van der Waals surface area contributed by atoms with Crippen LogP contribution in [0.15, 0.2) is 48.1 Å². The van der Waals surface area contributed by atoms with Crippen LogP contribution >= 0.6 is 0 Å². The standard InChI is InChI=1S/C21H29F2N3O/c1-20(10-7-17(15-24)8-11-20)26(2)25-21(13-14-21)12-9-16-3-5-18(6-4-16)27-19(22)23/h3-8,10,19,25H,9,11-15,24H2,1-2H3. The fourth-order valence-electron chi connectivity index (χ4n) is 3.43. The van der Waals surface area contributed by atoms with E-state index < -0.39 is 6.61 Å². The predicted molar refractivity (Wildman–Crippen MR) is 104 cm³/mol. The fraction of sp³-hybridized carbons (Fsp3) is 0.524. The van der Waals surface area contributed by atoms with Crippen molar-refractivity contribution in [3.05, 3.63) is 53.6 Å². The number of nitrogens with zero attached hydrogens (tertiary/aromatic N) is 1. The number of aryl methyl sites for hydroxylation is 1. The molecule has 3 rings (SSSR count). The van der Waals surface area contributed by atoms with E-state index in [1.165, 1.54) is 5.57 Å². The SMILES string of the molecule is CN(NC1(CCc2ccc(OC(F)F)cc2)CC1)C1(C)C=CC(CN)=CC1. The number of nitrogens with two attached hydrogens (primary N) is 1. The number of benzene rings is 1. The van der Waals surface area contributed by atoms with Gasteiger partial charge >= 0.3 is 6.61 Å². The lowest BCUT2D eigenvalue weighted by molar-refractivity contribution is -0.0498. The summed E-state index contributed by atoms with van der Waals surface area (Å²) >= 11 is 0. The van der Waals surface area contributed by atoms with E-state index in [-0.39, 0.29) is 16.8 Å². The minimum Gasteiger partial charge on any atom is -0.435 e. The zero-order valence-electron chi connectivity index (χ0n) is 16.1. The van der Waals surface area contributed by atoms with E-state index in [0.29, 0.717) is 6.54 Å². The van der Waals surface area contributed by atoms with Crippen LogP contribution in [0.1, 0.15) is 38.2 Å². The maximum absolute atomic E-state index is 12.2. The van der Waals surface area contributed by atoms with Gasteiger partial charge in [-0.25, -0.2) is 10.4 Å². The minimum absolute atomic E-state index is 0.0669. The van der Waals surface area contributed by atoms with Crippen LogP contribution in [0.25, 0.3) is 0 Å². The van der Waals surface area contributed by atoms with Crippen LogP contribution < -0.4 is 15.9 Å². The monoisotopic (exact) mass is 377 g/mol. The summed E-state index contributed by atoms with van der Waals surface area (Å²) in [6, 6.07) is 6.94. The highest BCUT2D eigenvalue weighted by Gasteiger charge is 2.44. The van der Waals surface area contributed by atoms with Crippen LogP contribution in [0, 0.1) is 0 Å². The highest BCUT2D eigenvalue weighted by molar-refractivity contribution is 5.30. The molecule has 1 atom stereocenters. The van der Waals surface area contributed by atoms with Gasteiger partial charge in [0, 0.05) is 19.1 Å². The van der Waals surface area contributed by atoms with Gasteiger partial charge < -0.3 is 10.5 Å². The van der Waals surface area contributed by atoms with Crippen molar-refractivity contribution in [2.75, 3.05) is 13.6 Å². The maximum Gasteiger partial charge on any atom is 0.387 e. The fourth-order valence-corrected chi connectivity index (χ4v) is 3.43. The van der Waals surface area contributed by atoms with Crippen molar-refractivity contribution in [2.45, 2.75) is 56.7 Å². The molecule has 0 radical (unpaired) electrons. The van der Waals surface area contributed by atoms with Crippen LogP contribution in [0.2, 0.25) is 0 Å².